The molecule has 138 valence electrons. The lowest BCUT2D eigenvalue weighted by Gasteiger charge is -2.32. The number of rotatable bonds is 4. The molecular weight excluding hydrogens is 332 g/mol. The van der Waals surface area contributed by atoms with E-state index in [-0.39, 0.29) is 30.3 Å². The number of piperazine rings is 1. The van der Waals surface area contributed by atoms with E-state index < -0.39 is 0 Å². The van der Waals surface area contributed by atoms with Gasteiger partial charge in [-0.3, -0.25) is 14.4 Å². The highest BCUT2D eigenvalue weighted by Crippen LogP contribution is 2.14. The number of benzene rings is 1. The second kappa shape index (κ2) is 7.70. The van der Waals surface area contributed by atoms with E-state index in [1.54, 1.807) is 17.9 Å². The monoisotopic (exact) mass is 356 g/mol. The third kappa shape index (κ3) is 4.29. The molecule has 0 radical (unpaired) electrons. The van der Waals surface area contributed by atoms with Crippen molar-refractivity contribution in [1.82, 2.24) is 20.1 Å². The molecule has 0 saturated carbocycles. The van der Waals surface area contributed by atoms with E-state index in [1.807, 2.05) is 25.2 Å². The average Bonchev–Trinajstić information content (AvgIpc) is 2.61. The van der Waals surface area contributed by atoms with Crippen LogP contribution >= 0.6 is 0 Å². The van der Waals surface area contributed by atoms with Crippen LogP contribution in [-0.2, 0) is 16.0 Å². The number of carbonyl (C=O) groups is 2. The number of nitrogens with one attached hydrogen (secondary N) is 2. The van der Waals surface area contributed by atoms with Crippen molar-refractivity contribution in [3.8, 4) is 0 Å². The molecule has 1 fully saturated rings. The van der Waals surface area contributed by atoms with E-state index in [9.17, 15) is 14.4 Å². The molecule has 0 atom stereocenters. The summed E-state index contributed by atoms with van der Waals surface area (Å²) in [5.41, 5.74) is 2.12. The van der Waals surface area contributed by atoms with Crippen LogP contribution in [-0.4, -0.2) is 66.4 Å². The predicted octanol–water partition coefficient (Wildman–Crippen LogP) is 0.269. The molecule has 0 spiro atoms. The zero-order valence-electron chi connectivity index (χ0n) is 15.2. The summed E-state index contributed by atoms with van der Waals surface area (Å²) in [6.07, 6.45) is 0.199. The van der Waals surface area contributed by atoms with Crippen molar-refractivity contribution in [3.63, 3.8) is 0 Å². The van der Waals surface area contributed by atoms with Gasteiger partial charge in [-0.25, -0.2) is 0 Å². The summed E-state index contributed by atoms with van der Waals surface area (Å²) in [5.74, 6) is -0.230. The lowest BCUT2D eigenvalue weighted by Crippen LogP contribution is -2.50. The molecule has 2 N–H and O–H groups in total. The molecule has 3 rings (SSSR count). The van der Waals surface area contributed by atoms with Gasteiger partial charge in [0, 0.05) is 37.3 Å². The first kappa shape index (κ1) is 18.1. The molecule has 1 aliphatic rings. The Morgan fingerprint density at radius 3 is 2.62 bits per heavy atom. The number of hydrogen-bond acceptors (Lipinski definition) is 4. The maximum atomic E-state index is 12.2. The van der Waals surface area contributed by atoms with E-state index in [0.717, 1.165) is 29.6 Å². The van der Waals surface area contributed by atoms with E-state index in [0.29, 0.717) is 18.7 Å². The Bertz CT molecular complexity index is 882. The third-order valence-electron chi connectivity index (χ3n) is 4.75. The van der Waals surface area contributed by atoms with Crippen LogP contribution in [0, 0.1) is 6.92 Å². The first-order chi connectivity index (χ1) is 12.4. The minimum Gasteiger partial charge on any atom is -0.347 e. The molecule has 1 aromatic carbocycles. The Balaban J connectivity index is 1.56. The quantitative estimate of drug-likeness (QED) is 0.823. The van der Waals surface area contributed by atoms with E-state index >= 15 is 0 Å². The topological polar surface area (TPSA) is 85.5 Å². The van der Waals surface area contributed by atoms with Gasteiger partial charge in [-0.15, -0.1) is 0 Å². The zero-order chi connectivity index (χ0) is 18.7. The van der Waals surface area contributed by atoms with Crippen LogP contribution in [0.15, 0.2) is 29.1 Å². The van der Waals surface area contributed by atoms with Gasteiger partial charge in [0.05, 0.1) is 13.0 Å². The molecule has 1 aliphatic heterocycles. The second-order valence-electron chi connectivity index (χ2n) is 6.84. The number of aromatic amines is 1. The molecule has 1 aromatic heterocycles. The molecule has 1 saturated heterocycles. The van der Waals surface area contributed by atoms with Crippen LogP contribution < -0.4 is 10.9 Å². The van der Waals surface area contributed by atoms with Gasteiger partial charge in [0.25, 0.3) is 5.56 Å². The number of aryl methyl sites for hydroxylation is 1. The molecule has 2 amide bonds. The van der Waals surface area contributed by atoms with Crippen molar-refractivity contribution < 1.29 is 9.59 Å². The number of aromatic nitrogens is 1. The van der Waals surface area contributed by atoms with Crippen molar-refractivity contribution in [1.29, 1.82) is 0 Å². The molecule has 0 aliphatic carbocycles. The first-order valence-corrected chi connectivity index (χ1v) is 8.78. The minimum atomic E-state index is -0.187. The normalized spacial score (nSPS) is 15.2. The Labute approximate surface area is 152 Å². The van der Waals surface area contributed by atoms with Crippen molar-refractivity contribution in [2.45, 2.75) is 13.3 Å². The van der Waals surface area contributed by atoms with Gasteiger partial charge in [-0.2, -0.15) is 0 Å². The van der Waals surface area contributed by atoms with Gasteiger partial charge in [0.15, 0.2) is 0 Å². The van der Waals surface area contributed by atoms with Crippen LogP contribution in [0.5, 0.6) is 0 Å². The summed E-state index contributed by atoms with van der Waals surface area (Å²) >= 11 is 0. The summed E-state index contributed by atoms with van der Waals surface area (Å²) < 4.78 is 0. The van der Waals surface area contributed by atoms with Crippen molar-refractivity contribution >= 4 is 22.7 Å². The number of likely N-dealkylation sites (N-methyl/N-ethyl adjacent to an activating group) is 1. The van der Waals surface area contributed by atoms with Crippen LogP contribution in [0.3, 0.4) is 0 Å². The number of nitrogens with zero attached hydrogens (tertiary/aromatic N) is 2. The SMILES string of the molecule is Cc1cc2cc(CC(=O)NCC(=O)N3CCN(C)CC3)ccc2[nH]c1=O. The summed E-state index contributed by atoms with van der Waals surface area (Å²) in [4.78, 5) is 42.7. The molecule has 26 heavy (non-hydrogen) atoms. The molecule has 0 unspecified atom stereocenters. The summed E-state index contributed by atoms with van der Waals surface area (Å²) in [6.45, 7) is 4.90. The van der Waals surface area contributed by atoms with Gasteiger partial charge < -0.3 is 20.1 Å². The lowest BCUT2D eigenvalue weighted by atomic mass is 10.1. The van der Waals surface area contributed by atoms with Crippen molar-refractivity contribution in [2.75, 3.05) is 39.8 Å². The Hall–Kier alpha value is -2.67. The maximum Gasteiger partial charge on any atom is 0.251 e. The van der Waals surface area contributed by atoms with Crippen LogP contribution in [0.4, 0.5) is 0 Å². The van der Waals surface area contributed by atoms with E-state index in [2.05, 4.69) is 15.2 Å². The lowest BCUT2D eigenvalue weighted by molar-refractivity contribution is -0.134. The number of hydrogen-bond donors (Lipinski definition) is 2. The van der Waals surface area contributed by atoms with Gasteiger partial charge >= 0.3 is 0 Å². The van der Waals surface area contributed by atoms with Crippen LogP contribution in [0.2, 0.25) is 0 Å². The van der Waals surface area contributed by atoms with E-state index in [1.165, 1.54) is 0 Å². The van der Waals surface area contributed by atoms with E-state index in [4.69, 9.17) is 0 Å². The second-order valence-corrected chi connectivity index (χ2v) is 6.84. The molecule has 2 heterocycles. The summed E-state index contributed by atoms with van der Waals surface area (Å²) in [6, 6.07) is 7.32. The fourth-order valence-corrected chi connectivity index (χ4v) is 3.06. The average molecular weight is 356 g/mol. The number of fused-ring (bicyclic) bond motifs is 1. The zero-order valence-corrected chi connectivity index (χ0v) is 15.2. The first-order valence-electron chi connectivity index (χ1n) is 8.78. The maximum absolute atomic E-state index is 12.2. The number of pyridine rings is 1. The van der Waals surface area contributed by atoms with Crippen molar-refractivity contribution in [3.05, 3.63) is 45.7 Å². The summed E-state index contributed by atoms with van der Waals surface area (Å²) in [7, 11) is 2.03. The Morgan fingerprint density at radius 2 is 1.88 bits per heavy atom. The van der Waals surface area contributed by atoms with Crippen molar-refractivity contribution in [2.24, 2.45) is 0 Å². The fraction of sp³-hybridized carbons (Fsp3) is 0.421. The molecule has 7 heteroatoms. The number of H-pyrrole nitrogens is 1. The van der Waals surface area contributed by atoms with Gasteiger partial charge in [-0.05, 0) is 43.1 Å². The number of carbonyl (C=O) groups excluding carboxylic acids is 2. The van der Waals surface area contributed by atoms with Crippen LogP contribution in [0.1, 0.15) is 11.1 Å². The van der Waals surface area contributed by atoms with Gasteiger partial charge in [-0.1, -0.05) is 6.07 Å². The molecule has 2 aromatic rings. The molecule has 7 nitrogen and oxygen atoms in total. The highest BCUT2D eigenvalue weighted by molar-refractivity contribution is 5.87. The third-order valence-corrected chi connectivity index (χ3v) is 4.75. The predicted molar refractivity (Wildman–Crippen MR) is 100 cm³/mol. The van der Waals surface area contributed by atoms with Gasteiger partial charge in [0.1, 0.15) is 0 Å². The number of amides is 2. The van der Waals surface area contributed by atoms with Crippen LogP contribution in [0.25, 0.3) is 10.9 Å². The Kier molecular flexibility index (Phi) is 5.37. The standard InChI is InChI=1S/C19H24N4O3/c1-13-9-15-10-14(3-4-16(15)21-19(13)26)11-17(24)20-12-18(25)23-7-5-22(2)6-8-23/h3-4,9-10H,5-8,11-12H2,1-2H3,(H,20,24)(H,21,26). The largest absolute Gasteiger partial charge is 0.347 e. The fourth-order valence-electron chi connectivity index (χ4n) is 3.06. The Morgan fingerprint density at radius 1 is 1.15 bits per heavy atom. The van der Waals surface area contributed by atoms with Gasteiger partial charge in [0.2, 0.25) is 11.8 Å². The smallest absolute Gasteiger partial charge is 0.251 e. The molecule has 0 bridgehead atoms. The summed E-state index contributed by atoms with van der Waals surface area (Å²) in [5, 5.41) is 3.60. The minimum absolute atomic E-state index is 0.0303. The molecular formula is C19H24N4O3. The highest BCUT2D eigenvalue weighted by atomic mass is 16.2. The highest BCUT2D eigenvalue weighted by Gasteiger charge is 2.19.